The van der Waals surface area contributed by atoms with Gasteiger partial charge in [-0.2, -0.15) is 13.2 Å². The van der Waals surface area contributed by atoms with Crippen molar-refractivity contribution in [2.75, 3.05) is 20.0 Å². The van der Waals surface area contributed by atoms with Crippen molar-refractivity contribution in [2.24, 2.45) is 4.99 Å². The fourth-order valence-corrected chi connectivity index (χ4v) is 4.02. The number of nitrogens with zero attached hydrogens (tertiary/aromatic N) is 2. The van der Waals surface area contributed by atoms with E-state index in [1.807, 2.05) is 55.5 Å². The maximum Gasteiger partial charge on any atom is 0.416 e. The van der Waals surface area contributed by atoms with Crippen LogP contribution in [0.1, 0.15) is 23.6 Å². The minimum atomic E-state index is -4.42. The predicted molar refractivity (Wildman–Crippen MR) is 132 cm³/mol. The second kappa shape index (κ2) is 11.8. The molecule has 0 fully saturated rings. The summed E-state index contributed by atoms with van der Waals surface area (Å²) in [5, 5.41) is 0.647. The molecule has 3 aromatic carbocycles. The lowest BCUT2D eigenvalue weighted by Crippen LogP contribution is -2.28. The molecule has 0 radical (unpaired) electrons. The summed E-state index contributed by atoms with van der Waals surface area (Å²) >= 11 is 1.49. The molecule has 0 bridgehead atoms. The van der Waals surface area contributed by atoms with Gasteiger partial charge in [-0.25, -0.2) is 4.99 Å². The van der Waals surface area contributed by atoms with Crippen LogP contribution in [0.25, 0.3) is 0 Å². The largest absolute Gasteiger partial charge is 0.497 e. The number of thioether (sulfide) groups is 1. The number of rotatable bonds is 8. The molecule has 180 valence electrons. The van der Waals surface area contributed by atoms with Crippen LogP contribution in [0, 0.1) is 0 Å². The molecule has 34 heavy (non-hydrogen) atoms. The number of aliphatic imine (C=N–C) groups is 1. The van der Waals surface area contributed by atoms with Gasteiger partial charge in [0.25, 0.3) is 0 Å². The molecule has 3 rings (SSSR count). The zero-order valence-corrected chi connectivity index (χ0v) is 20.1. The van der Waals surface area contributed by atoms with Gasteiger partial charge in [-0.15, -0.1) is 0 Å². The molecule has 0 saturated heterocycles. The lowest BCUT2D eigenvalue weighted by Gasteiger charge is -2.26. The fourth-order valence-electron chi connectivity index (χ4n) is 3.28. The number of halogens is 3. The summed E-state index contributed by atoms with van der Waals surface area (Å²) in [6, 6.07) is 20.5. The third kappa shape index (κ3) is 7.18. The standard InChI is InChI=1S/C26H27F3N2O2S/c1-4-34-25(30-22-7-5-6-21(16-22)26(27,28)29)31(17-19-8-12-23(32-2)13-9-19)18-20-10-14-24(33-3)15-11-20/h5-16H,4,17-18H2,1-3H3. The number of ether oxygens (including phenoxy) is 2. The molecule has 0 atom stereocenters. The number of hydrogen-bond acceptors (Lipinski definition) is 4. The summed E-state index contributed by atoms with van der Waals surface area (Å²) in [5.41, 5.74) is 1.61. The number of methoxy groups -OCH3 is 2. The number of hydrogen-bond donors (Lipinski definition) is 0. The van der Waals surface area contributed by atoms with Gasteiger partial charge in [0.15, 0.2) is 5.17 Å². The van der Waals surface area contributed by atoms with Crippen LogP contribution in [0.2, 0.25) is 0 Å². The van der Waals surface area contributed by atoms with E-state index in [0.29, 0.717) is 18.3 Å². The minimum Gasteiger partial charge on any atom is -0.497 e. The van der Waals surface area contributed by atoms with E-state index in [-0.39, 0.29) is 5.69 Å². The molecular weight excluding hydrogens is 461 g/mol. The Morgan fingerprint density at radius 3 is 1.82 bits per heavy atom. The molecule has 0 unspecified atom stereocenters. The molecule has 0 amide bonds. The zero-order valence-electron chi connectivity index (χ0n) is 19.3. The van der Waals surface area contributed by atoms with Crippen LogP contribution in [0.3, 0.4) is 0 Å². The Hall–Kier alpha value is -3.13. The van der Waals surface area contributed by atoms with E-state index in [2.05, 4.69) is 9.89 Å². The summed E-state index contributed by atoms with van der Waals surface area (Å²) in [4.78, 5) is 6.71. The van der Waals surface area contributed by atoms with Gasteiger partial charge in [0.1, 0.15) is 11.5 Å². The van der Waals surface area contributed by atoms with E-state index in [1.54, 1.807) is 20.3 Å². The van der Waals surface area contributed by atoms with Crippen molar-refractivity contribution in [2.45, 2.75) is 26.2 Å². The number of benzene rings is 3. The highest BCUT2D eigenvalue weighted by Crippen LogP contribution is 2.32. The first kappa shape index (κ1) is 25.5. The summed E-state index contributed by atoms with van der Waals surface area (Å²) in [7, 11) is 3.23. The highest BCUT2D eigenvalue weighted by molar-refractivity contribution is 8.13. The van der Waals surface area contributed by atoms with E-state index >= 15 is 0 Å². The van der Waals surface area contributed by atoms with Gasteiger partial charge in [-0.3, -0.25) is 0 Å². The third-order valence-electron chi connectivity index (χ3n) is 5.01. The average Bonchev–Trinajstić information content (AvgIpc) is 2.84. The lowest BCUT2D eigenvalue weighted by atomic mass is 10.1. The Morgan fingerprint density at radius 1 is 0.853 bits per heavy atom. The molecule has 0 N–H and O–H groups in total. The Morgan fingerprint density at radius 2 is 1.38 bits per heavy atom. The van der Waals surface area contributed by atoms with Crippen molar-refractivity contribution >= 4 is 22.6 Å². The Bertz CT molecular complexity index is 1030. The van der Waals surface area contributed by atoms with Crippen molar-refractivity contribution in [1.82, 2.24) is 4.90 Å². The summed E-state index contributed by atoms with van der Waals surface area (Å²) in [6.45, 7) is 3.05. The highest BCUT2D eigenvalue weighted by Gasteiger charge is 2.30. The van der Waals surface area contributed by atoms with Crippen LogP contribution in [0.15, 0.2) is 77.8 Å². The zero-order chi connectivity index (χ0) is 24.6. The van der Waals surface area contributed by atoms with Gasteiger partial charge in [-0.05, 0) is 59.3 Å². The summed E-state index contributed by atoms with van der Waals surface area (Å²) in [5.74, 6) is 2.23. The van der Waals surface area contributed by atoms with Gasteiger partial charge >= 0.3 is 6.18 Å². The molecule has 0 aliphatic carbocycles. The summed E-state index contributed by atoms with van der Waals surface area (Å²) < 4.78 is 50.2. The molecule has 0 aliphatic rings. The molecule has 0 spiro atoms. The lowest BCUT2D eigenvalue weighted by molar-refractivity contribution is -0.137. The van der Waals surface area contributed by atoms with Crippen LogP contribution in [0.4, 0.5) is 18.9 Å². The second-order valence-electron chi connectivity index (χ2n) is 7.43. The molecule has 0 saturated carbocycles. The molecule has 0 aliphatic heterocycles. The van der Waals surface area contributed by atoms with Crippen LogP contribution >= 0.6 is 11.8 Å². The van der Waals surface area contributed by atoms with Crippen molar-refractivity contribution in [3.05, 3.63) is 89.5 Å². The average molecular weight is 489 g/mol. The minimum absolute atomic E-state index is 0.264. The molecule has 4 nitrogen and oxygen atoms in total. The smallest absolute Gasteiger partial charge is 0.416 e. The normalized spacial score (nSPS) is 11.9. The molecule has 3 aromatic rings. The van der Waals surface area contributed by atoms with Gasteiger partial charge in [-0.1, -0.05) is 49.0 Å². The topological polar surface area (TPSA) is 34.1 Å². The first-order chi connectivity index (χ1) is 16.3. The maximum absolute atomic E-state index is 13.2. The fraction of sp³-hybridized carbons (Fsp3) is 0.269. The molecule has 0 aromatic heterocycles. The molecule has 0 heterocycles. The van der Waals surface area contributed by atoms with Gasteiger partial charge in [0, 0.05) is 13.1 Å². The van der Waals surface area contributed by atoms with Crippen LogP contribution in [-0.4, -0.2) is 30.0 Å². The quantitative estimate of drug-likeness (QED) is 0.249. The number of amidine groups is 1. The van der Waals surface area contributed by atoms with Gasteiger partial charge < -0.3 is 14.4 Å². The van der Waals surface area contributed by atoms with E-state index in [1.165, 1.54) is 17.8 Å². The SMILES string of the molecule is CCSC(=Nc1cccc(C(F)(F)F)c1)N(Cc1ccc(OC)cc1)Cc1ccc(OC)cc1. The van der Waals surface area contributed by atoms with Gasteiger partial charge in [0.05, 0.1) is 25.5 Å². The van der Waals surface area contributed by atoms with E-state index in [0.717, 1.165) is 40.5 Å². The maximum atomic E-state index is 13.2. The van der Waals surface area contributed by atoms with Crippen LogP contribution < -0.4 is 9.47 Å². The molecular formula is C26H27F3N2O2S. The monoisotopic (exact) mass is 488 g/mol. The Labute approximate surface area is 202 Å². The van der Waals surface area contributed by atoms with Crippen molar-refractivity contribution < 1.29 is 22.6 Å². The van der Waals surface area contributed by atoms with Crippen molar-refractivity contribution in [3.63, 3.8) is 0 Å². The Balaban J connectivity index is 1.97. The van der Waals surface area contributed by atoms with E-state index in [9.17, 15) is 13.2 Å². The van der Waals surface area contributed by atoms with Crippen molar-refractivity contribution in [3.8, 4) is 11.5 Å². The van der Waals surface area contributed by atoms with Crippen LogP contribution in [-0.2, 0) is 19.3 Å². The van der Waals surface area contributed by atoms with E-state index < -0.39 is 11.7 Å². The summed E-state index contributed by atoms with van der Waals surface area (Å²) in [6.07, 6.45) is -4.42. The Kier molecular flexibility index (Phi) is 8.87. The third-order valence-corrected chi connectivity index (χ3v) is 5.90. The van der Waals surface area contributed by atoms with Gasteiger partial charge in [0.2, 0.25) is 0 Å². The second-order valence-corrected chi connectivity index (χ2v) is 8.66. The van der Waals surface area contributed by atoms with Crippen molar-refractivity contribution in [1.29, 1.82) is 0 Å². The van der Waals surface area contributed by atoms with Crippen LogP contribution in [0.5, 0.6) is 11.5 Å². The highest BCUT2D eigenvalue weighted by atomic mass is 32.2. The number of alkyl halides is 3. The first-order valence-electron chi connectivity index (χ1n) is 10.7. The molecule has 8 heteroatoms. The first-order valence-corrected chi connectivity index (χ1v) is 11.7. The van der Waals surface area contributed by atoms with E-state index in [4.69, 9.17) is 9.47 Å². The predicted octanol–water partition coefficient (Wildman–Crippen LogP) is 7.17.